The Morgan fingerprint density at radius 1 is 0.844 bits per heavy atom. The monoisotopic (exact) mass is 642 g/mol. The Hall–Kier alpha value is -4.22. The van der Waals surface area contributed by atoms with Crippen molar-refractivity contribution in [3.05, 3.63) is 132 Å². The van der Waals surface area contributed by atoms with Crippen LogP contribution in [-0.2, 0) is 15.7 Å². The molecule has 1 heterocycles. The second-order valence-electron chi connectivity index (χ2n) is 10.7. The maximum absolute atomic E-state index is 6.46. The van der Waals surface area contributed by atoms with Crippen LogP contribution in [0.2, 0.25) is 0 Å². The van der Waals surface area contributed by atoms with Gasteiger partial charge in [0.05, 0.1) is 23.7 Å². The van der Waals surface area contributed by atoms with Crippen LogP contribution in [0.15, 0.2) is 121 Å². The van der Waals surface area contributed by atoms with Gasteiger partial charge in [-0.3, -0.25) is 4.52 Å². The van der Waals surface area contributed by atoms with Crippen molar-refractivity contribution >= 4 is 28.6 Å². The standard InChI is InChI=1S/C35H36N2O6P2/c1-25-21-22-28(36-3)35(23-25)43-44(39-31-17-9-5-13-26(31)2)38-24-27-14-6-10-18-32(27)40-45-41-33-19-11-7-15-29(33)37(4)30-16-8-12-20-34(30)42-45/h5-22,25,36H,23-24H2,1-4H3. The van der Waals surface area contributed by atoms with Gasteiger partial charge >= 0.3 is 17.2 Å². The first-order chi connectivity index (χ1) is 22.0. The molecule has 2 atom stereocenters. The summed E-state index contributed by atoms with van der Waals surface area (Å²) in [7, 11) is 0.198. The number of para-hydroxylation sites is 6. The van der Waals surface area contributed by atoms with Crippen LogP contribution in [0, 0.1) is 12.8 Å². The molecule has 0 bridgehead atoms. The van der Waals surface area contributed by atoms with E-state index in [0.717, 1.165) is 40.4 Å². The lowest BCUT2D eigenvalue weighted by Gasteiger charge is -2.29. The number of allylic oxidation sites excluding steroid dienone is 3. The number of anilines is 2. The van der Waals surface area contributed by atoms with Gasteiger partial charge in [-0.25, -0.2) is 0 Å². The Labute approximate surface area is 267 Å². The summed E-state index contributed by atoms with van der Waals surface area (Å²) in [5.74, 6) is 3.77. The van der Waals surface area contributed by atoms with Gasteiger partial charge in [0.15, 0.2) is 11.5 Å². The van der Waals surface area contributed by atoms with E-state index in [-0.39, 0.29) is 6.61 Å². The van der Waals surface area contributed by atoms with E-state index >= 15 is 0 Å². The average molecular weight is 643 g/mol. The first kappa shape index (κ1) is 30.8. The zero-order valence-corrected chi connectivity index (χ0v) is 27.5. The van der Waals surface area contributed by atoms with Crippen LogP contribution in [0.1, 0.15) is 24.5 Å². The van der Waals surface area contributed by atoms with Crippen LogP contribution in [0.4, 0.5) is 11.4 Å². The minimum absolute atomic E-state index is 0.181. The highest BCUT2D eigenvalue weighted by Gasteiger charge is 2.29. The molecule has 8 nitrogen and oxygen atoms in total. The number of benzene rings is 4. The lowest BCUT2D eigenvalue weighted by molar-refractivity contribution is 0.221. The van der Waals surface area contributed by atoms with Crippen molar-refractivity contribution in [1.82, 2.24) is 5.32 Å². The molecule has 232 valence electrons. The van der Waals surface area contributed by atoms with Gasteiger partial charge in [0, 0.05) is 26.1 Å². The lowest BCUT2D eigenvalue weighted by atomic mass is 10.00. The van der Waals surface area contributed by atoms with E-state index < -0.39 is 17.2 Å². The fourth-order valence-electron chi connectivity index (χ4n) is 4.92. The Balaban J connectivity index is 1.24. The Bertz CT molecular complexity index is 1650. The zero-order chi connectivity index (χ0) is 31.2. The molecule has 10 heteroatoms. The summed E-state index contributed by atoms with van der Waals surface area (Å²) < 4.78 is 38.3. The van der Waals surface area contributed by atoms with E-state index in [9.17, 15) is 0 Å². The number of hydrogen-bond donors (Lipinski definition) is 1. The van der Waals surface area contributed by atoms with Crippen molar-refractivity contribution in [2.75, 3.05) is 19.0 Å². The molecule has 45 heavy (non-hydrogen) atoms. The van der Waals surface area contributed by atoms with Crippen LogP contribution in [-0.4, -0.2) is 14.1 Å². The molecule has 1 aliphatic carbocycles. The van der Waals surface area contributed by atoms with Crippen LogP contribution >= 0.6 is 17.2 Å². The molecule has 6 rings (SSSR count). The summed E-state index contributed by atoms with van der Waals surface area (Å²) in [5, 5.41) is 3.23. The van der Waals surface area contributed by atoms with Gasteiger partial charge in [-0.15, -0.1) is 0 Å². The van der Waals surface area contributed by atoms with Crippen molar-refractivity contribution in [1.29, 1.82) is 0 Å². The molecule has 4 aromatic carbocycles. The number of likely N-dealkylation sites (N-methyl/N-ethyl adjacent to an activating group) is 1. The normalized spacial score (nSPS) is 16.7. The van der Waals surface area contributed by atoms with Crippen LogP contribution < -0.4 is 28.3 Å². The predicted molar refractivity (Wildman–Crippen MR) is 180 cm³/mol. The molecule has 1 N–H and O–H groups in total. The Morgan fingerprint density at radius 2 is 1.47 bits per heavy atom. The first-order valence-electron chi connectivity index (χ1n) is 14.8. The van der Waals surface area contributed by atoms with E-state index in [1.54, 1.807) is 0 Å². The quantitative estimate of drug-likeness (QED) is 0.172. The second kappa shape index (κ2) is 14.3. The molecule has 4 aromatic rings. The van der Waals surface area contributed by atoms with Crippen molar-refractivity contribution in [2.24, 2.45) is 5.92 Å². The topological polar surface area (TPSA) is 70.7 Å². The number of hydrogen-bond acceptors (Lipinski definition) is 8. The molecular weight excluding hydrogens is 606 g/mol. The maximum atomic E-state index is 6.46. The number of nitrogens with one attached hydrogen (secondary N) is 1. The molecule has 0 fully saturated rings. The fraction of sp³-hybridized carbons (Fsp3) is 0.200. The van der Waals surface area contributed by atoms with Gasteiger partial charge in [0.2, 0.25) is 0 Å². The van der Waals surface area contributed by atoms with Crippen LogP contribution in [0.5, 0.6) is 23.0 Å². The van der Waals surface area contributed by atoms with Gasteiger partial charge in [-0.05, 0) is 60.9 Å². The lowest BCUT2D eigenvalue weighted by Crippen LogP contribution is -2.16. The van der Waals surface area contributed by atoms with Crippen LogP contribution in [0.3, 0.4) is 0 Å². The summed E-state index contributed by atoms with van der Waals surface area (Å²) in [6, 6.07) is 31.2. The van der Waals surface area contributed by atoms with Gasteiger partial charge in [0.25, 0.3) is 0 Å². The molecule has 0 spiro atoms. The molecule has 2 aliphatic rings. The average Bonchev–Trinajstić information content (AvgIpc) is 3.05. The third-order valence-electron chi connectivity index (χ3n) is 7.39. The molecule has 0 aromatic heterocycles. The molecule has 0 radical (unpaired) electrons. The SMILES string of the molecule is CNC1=C(OP(OCc2ccccc2OP2Oc3ccccc3N(C)c3ccccc3O2)Oc2ccccc2C)CC(C)C=C1. The zero-order valence-electron chi connectivity index (χ0n) is 25.7. The van der Waals surface area contributed by atoms with Crippen molar-refractivity contribution in [3.8, 4) is 23.0 Å². The maximum Gasteiger partial charge on any atom is 0.530 e. The van der Waals surface area contributed by atoms with E-state index in [2.05, 4.69) is 18.3 Å². The summed E-state index contributed by atoms with van der Waals surface area (Å²) in [4.78, 5) is 2.05. The first-order valence-corrected chi connectivity index (χ1v) is 16.9. The summed E-state index contributed by atoms with van der Waals surface area (Å²) in [5.41, 5.74) is 4.54. The largest absolute Gasteiger partial charge is 0.530 e. The van der Waals surface area contributed by atoms with E-state index in [1.807, 2.05) is 129 Å². The molecule has 0 saturated carbocycles. The van der Waals surface area contributed by atoms with Gasteiger partial charge in [0.1, 0.15) is 17.3 Å². The summed E-state index contributed by atoms with van der Waals surface area (Å²) in [6.45, 7) is 4.34. The highest BCUT2D eigenvalue weighted by atomic mass is 31.2. The van der Waals surface area contributed by atoms with Crippen molar-refractivity contribution in [3.63, 3.8) is 0 Å². The minimum Gasteiger partial charge on any atom is -0.420 e. The molecule has 0 saturated heterocycles. The van der Waals surface area contributed by atoms with Crippen molar-refractivity contribution in [2.45, 2.75) is 26.9 Å². The Kier molecular flexibility index (Phi) is 9.75. The highest BCUT2D eigenvalue weighted by molar-refractivity contribution is 7.43. The summed E-state index contributed by atoms with van der Waals surface area (Å²) in [6.07, 6.45) is 4.94. The molecule has 2 unspecified atom stereocenters. The fourth-order valence-corrected chi connectivity index (χ4v) is 7.10. The van der Waals surface area contributed by atoms with E-state index in [0.29, 0.717) is 28.9 Å². The second-order valence-corrected chi connectivity index (χ2v) is 12.7. The molecule has 0 amide bonds. The number of nitrogens with zero attached hydrogens (tertiary/aromatic N) is 1. The van der Waals surface area contributed by atoms with Crippen molar-refractivity contribution < 1.29 is 27.1 Å². The molecule has 1 aliphatic heterocycles. The van der Waals surface area contributed by atoms with Gasteiger partial charge in [-0.2, -0.15) is 0 Å². The number of aryl methyl sites for hydroxylation is 1. The predicted octanol–water partition coefficient (Wildman–Crippen LogP) is 9.71. The Morgan fingerprint density at radius 3 is 2.16 bits per heavy atom. The van der Waals surface area contributed by atoms with E-state index in [4.69, 9.17) is 27.1 Å². The van der Waals surface area contributed by atoms with E-state index in [1.165, 1.54) is 0 Å². The number of rotatable bonds is 10. The third-order valence-corrected chi connectivity index (χ3v) is 9.48. The minimum atomic E-state index is -1.86. The van der Waals surface area contributed by atoms with Gasteiger partial charge < -0.3 is 32.8 Å². The van der Waals surface area contributed by atoms with Gasteiger partial charge in [-0.1, -0.05) is 73.7 Å². The molecular formula is C35H36N2O6P2. The third kappa shape index (κ3) is 7.37. The smallest absolute Gasteiger partial charge is 0.420 e. The van der Waals surface area contributed by atoms with Crippen LogP contribution in [0.25, 0.3) is 0 Å². The summed E-state index contributed by atoms with van der Waals surface area (Å²) >= 11 is 0. The number of fused-ring (bicyclic) bond motifs is 2. The highest BCUT2D eigenvalue weighted by Crippen LogP contribution is 2.52.